The molecule has 10 N–H and O–H groups in total. The Balaban J connectivity index is 0.000000142. The maximum absolute atomic E-state index is 13.0. The Bertz CT molecular complexity index is 5660. The molecule has 0 unspecified atom stereocenters. The van der Waals surface area contributed by atoms with Gasteiger partial charge >= 0.3 is 11.9 Å². The van der Waals surface area contributed by atoms with E-state index in [1.165, 1.54) is 64.6 Å². The van der Waals surface area contributed by atoms with Crippen molar-refractivity contribution in [2.75, 3.05) is 129 Å². The van der Waals surface area contributed by atoms with Crippen molar-refractivity contribution in [3.8, 4) is 65.3 Å². The third-order valence-corrected chi connectivity index (χ3v) is 22.7. The van der Waals surface area contributed by atoms with Crippen LogP contribution < -0.4 is 66.8 Å². The first-order valence-electron chi connectivity index (χ1n) is 40.2. The van der Waals surface area contributed by atoms with Crippen LogP contribution in [-0.4, -0.2) is 178 Å². The summed E-state index contributed by atoms with van der Waals surface area (Å²) < 4.78 is 28.3. The molecule has 0 saturated carbocycles. The number of amides is 5. The van der Waals surface area contributed by atoms with E-state index in [1.54, 1.807) is 88.8 Å². The molecular formula is C88H92N18O13S4. The molecule has 5 amide bonds. The smallest absolute Gasteiger partial charge is 0.337 e. The van der Waals surface area contributed by atoms with Gasteiger partial charge < -0.3 is 81.5 Å². The highest BCUT2D eigenvalue weighted by atomic mass is 32.1. The first-order valence-corrected chi connectivity index (χ1v) is 43.7. The van der Waals surface area contributed by atoms with E-state index < -0.39 is 17.8 Å². The highest BCUT2D eigenvalue weighted by Crippen LogP contribution is 2.36. The van der Waals surface area contributed by atoms with Gasteiger partial charge in [0, 0.05) is 113 Å². The lowest BCUT2D eigenvalue weighted by atomic mass is 10.1. The highest BCUT2D eigenvalue weighted by molar-refractivity contribution is 7.14. The number of pyridine rings is 4. The summed E-state index contributed by atoms with van der Waals surface area (Å²) in [7, 11) is 5.21. The number of anilines is 8. The van der Waals surface area contributed by atoms with Crippen LogP contribution in [0.2, 0.25) is 0 Å². The van der Waals surface area contributed by atoms with Crippen molar-refractivity contribution in [3.05, 3.63) is 213 Å². The number of carboxylic acids is 1. The number of fused-ring (bicyclic) bond motifs is 24. The minimum atomic E-state index is -1.08. The number of likely N-dealkylation sites (N-methyl/N-ethyl adjacent to an activating group) is 1. The number of hydrogen-bond donors (Lipinski definition) is 10. The molecule has 8 aromatic heterocycles. The number of aromatic nitrogens is 8. The number of ether oxygens (including phenoxy) is 5. The fourth-order valence-corrected chi connectivity index (χ4v) is 15.8. The average molecular weight is 1740 g/mol. The van der Waals surface area contributed by atoms with Crippen molar-refractivity contribution in [2.24, 2.45) is 0 Å². The number of carbonyl (C=O) groups excluding carboxylic acids is 6. The number of nitrogens with zero attached hydrogens (tertiary/aromatic N) is 9. The zero-order valence-electron chi connectivity index (χ0n) is 67.8. The Labute approximate surface area is 725 Å². The van der Waals surface area contributed by atoms with Crippen molar-refractivity contribution >= 4 is 133 Å². The molecule has 12 aromatic rings. The summed E-state index contributed by atoms with van der Waals surface area (Å²) in [6, 6.07) is 37.1. The van der Waals surface area contributed by atoms with Gasteiger partial charge in [0.05, 0.1) is 67.4 Å². The molecule has 16 bridgehead atoms. The maximum Gasteiger partial charge on any atom is 0.337 e. The molecule has 12 heterocycles. The van der Waals surface area contributed by atoms with Gasteiger partial charge in [-0.2, -0.15) is 0 Å². The van der Waals surface area contributed by atoms with Gasteiger partial charge in [0.2, 0.25) is 0 Å². The summed E-state index contributed by atoms with van der Waals surface area (Å²) in [4.78, 5) is 125. The minimum absolute atomic E-state index is 0.0675. The summed E-state index contributed by atoms with van der Waals surface area (Å²) in [5, 5.41) is 46.7. The molecule has 0 fully saturated rings. The number of methoxy groups -OCH3 is 1. The van der Waals surface area contributed by atoms with E-state index in [-0.39, 0.29) is 40.6 Å². The fourth-order valence-electron chi connectivity index (χ4n) is 12.6. The topological polar surface area (TPSA) is 400 Å². The molecule has 4 aliphatic heterocycles. The second-order valence-electron chi connectivity index (χ2n) is 28.5. The SMILES string of the molecule is CN(C)CCNC(=O)c1ccc2c(c1)NC(=O)c1csc(n1)-c1ccnc(c1)NCCCCCO2.COC(=O)c1ccc2c(c1)NC(=O)c1csc(n1)-c1ccnc(c1)NCCCCCO2.O=C(O)c1ccc2c(c1)NC(=O)c1csc(n1)-c1ccnc(c1)NCCCCCO2.O=C1Nc2ccccc2OCCCCCNc2cc(ccn2)-c2nc1cs2. The van der Waals surface area contributed by atoms with Crippen molar-refractivity contribution in [1.29, 1.82) is 0 Å². The lowest BCUT2D eigenvalue weighted by molar-refractivity contribution is 0.0599. The zero-order chi connectivity index (χ0) is 85.7. The van der Waals surface area contributed by atoms with Crippen molar-refractivity contribution < 1.29 is 62.4 Å². The number of nitrogens with one attached hydrogen (secondary N) is 9. The Morgan fingerprint density at radius 1 is 0.407 bits per heavy atom. The summed E-state index contributed by atoms with van der Waals surface area (Å²) in [6.45, 7) is 6.60. The lowest BCUT2D eigenvalue weighted by Gasteiger charge is -2.15. The maximum atomic E-state index is 13.0. The van der Waals surface area contributed by atoms with Gasteiger partial charge in [0.1, 0.15) is 89.1 Å². The first kappa shape index (κ1) is 87.5. The number of carbonyl (C=O) groups is 7. The number of hydrogen-bond acceptors (Lipinski definition) is 29. The van der Waals surface area contributed by atoms with Crippen LogP contribution in [0.3, 0.4) is 0 Å². The molecule has 4 aliphatic rings. The Hall–Kier alpha value is -13.4. The third kappa shape index (κ3) is 25.4. The number of aromatic carboxylic acids is 1. The summed E-state index contributed by atoms with van der Waals surface area (Å²) >= 11 is 5.57. The molecule has 0 radical (unpaired) electrons. The van der Waals surface area contributed by atoms with E-state index in [0.29, 0.717) is 106 Å². The molecule has 0 spiro atoms. The molecule has 35 heteroatoms. The zero-order valence-corrected chi connectivity index (χ0v) is 71.1. The number of para-hydroxylation sites is 2. The van der Waals surface area contributed by atoms with Gasteiger partial charge in [-0.25, -0.2) is 49.5 Å². The molecule has 0 atom stereocenters. The molecule has 16 rings (SSSR count). The predicted octanol–water partition coefficient (Wildman–Crippen LogP) is 16.5. The van der Waals surface area contributed by atoms with Crippen LogP contribution >= 0.6 is 45.3 Å². The normalized spacial score (nSPS) is 14.4. The summed E-state index contributed by atoms with van der Waals surface area (Å²) in [6.07, 6.45) is 18.4. The van der Waals surface area contributed by atoms with Gasteiger partial charge in [-0.3, -0.25) is 24.0 Å². The predicted molar refractivity (Wildman–Crippen MR) is 479 cm³/mol. The van der Waals surface area contributed by atoms with E-state index in [0.717, 1.165) is 170 Å². The van der Waals surface area contributed by atoms with E-state index >= 15 is 0 Å². The van der Waals surface area contributed by atoms with Crippen LogP contribution in [-0.2, 0) is 4.74 Å². The van der Waals surface area contributed by atoms with E-state index in [1.807, 2.05) is 91.8 Å². The molecule has 0 aliphatic carbocycles. The number of rotatable bonds is 6. The molecule has 4 aromatic carbocycles. The number of esters is 1. The van der Waals surface area contributed by atoms with Crippen LogP contribution in [0.4, 0.5) is 46.0 Å². The molecular weight excluding hydrogens is 1650 g/mol. The fraction of sp³-hybridized carbons (Fsp3) is 0.284. The Kier molecular flexibility index (Phi) is 31.5. The minimum Gasteiger partial charge on any atom is -0.491 e. The quantitative estimate of drug-likeness (QED) is 0.0691. The standard InChI is InChI=1S/C25H30N6O3S.C22H22N4O4S.C21H20N4O4S.C20H20N4O2S/c1-31(2)12-11-28-23(32)17-6-7-21-19(14-17)29-24(33)20-16-35-25(30-20)18-8-10-27-22(15-18)26-9-4-3-5-13-34-21;1-29-22(28)15-5-6-18-16(11-15)25-20(27)17-13-31-21(26-17)14-7-9-24-19(12-14)23-8-3-2-4-10-30-18;26-19-16-12-30-20(25-16)13-6-8-23-18(11-13)22-7-2-1-3-9-29-17-5-4-14(21(27)28)10-15(17)24-19;25-19-16-13-27-20(24-16)14-8-10-22-18(12-14)21-9-4-1-5-11-26-17-7-3-2-6-15(17)23-19/h6-8,10,14-16H,3-5,9,11-13H2,1-2H3,(H,26,27)(H,28,32)(H,29,33);5-7,9,11-13H,2-4,8,10H2,1H3,(H,23,24)(H,25,27);4-6,8,10-12H,1-3,7,9H2,(H,22,23)(H,24,26)(H,27,28);2-3,6-8,10,12-13H,1,4-5,9,11H2,(H,21,22)(H,23,25). The number of benzene rings is 4. The van der Waals surface area contributed by atoms with Gasteiger partial charge in [-0.15, -0.1) is 45.3 Å². The van der Waals surface area contributed by atoms with Gasteiger partial charge in [-0.1, -0.05) is 12.1 Å². The second-order valence-corrected chi connectivity index (χ2v) is 31.9. The lowest BCUT2D eigenvalue weighted by Crippen LogP contribution is -2.31. The van der Waals surface area contributed by atoms with Crippen LogP contribution in [0.5, 0.6) is 23.0 Å². The Morgan fingerprint density at radius 2 is 0.732 bits per heavy atom. The Morgan fingerprint density at radius 3 is 1.09 bits per heavy atom. The molecule has 0 saturated heterocycles. The number of carboxylic acid groups (broad SMARTS) is 1. The van der Waals surface area contributed by atoms with Crippen LogP contribution in [0, 0.1) is 0 Å². The van der Waals surface area contributed by atoms with Crippen LogP contribution in [0.25, 0.3) is 42.3 Å². The van der Waals surface area contributed by atoms with E-state index in [9.17, 15) is 38.7 Å². The number of thiazole rings is 4. The molecule has 123 heavy (non-hydrogen) atoms. The summed E-state index contributed by atoms with van der Waals surface area (Å²) in [5.41, 5.74) is 7.49. The van der Waals surface area contributed by atoms with E-state index in [2.05, 4.69) is 87.7 Å². The third-order valence-electron chi connectivity index (χ3n) is 19.1. The monoisotopic (exact) mass is 1740 g/mol. The molecule has 636 valence electrons. The summed E-state index contributed by atoms with van der Waals surface area (Å²) in [5.74, 6) is 2.10. The van der Waals surface area contributed by atoms with Crippen molar-refractivity contribution in [2.45, 2.75) is 77.0 Å². The van der Waals surface area contributed by atoms with Crippen molar-refractivity contribution in [3.63, 3.8) is 0 Å². The van der Waals surface area contributed by atoms with Crippen LogP contribution in [0.15, 0.2) is 174 Å². The van der Waals surface area contributed by atoms with Crippen LogP contribution in [0.1, 0.15) is 150 Å². The average Bonchev–Trinajstić information content (AvgIpc) is 1.77. The highest BCUT2D eigenvalue weighted by Gasteiger charge is 2.24. The first-order chi connectivity index (χ1) is 60.0. The van der Waals surface area contributed by atoms with Crippen molar-refractivity contribution in [1.82, 2.24) is 50.1 Å². The van der Waals surface area contributed by atoms with Gasteiger partial charge in [-0.05, 0) is 206 Å². The molecule has 31 nitrogen and oxygen atoms in total. The second kappa shape index (κ2) is 44.3. The van der Waals surface area contributed by atoms with Gasteiger partial charge in [0.25, 0.3) is 29.5 Å². The largest absolute Gasteiger partial charge is 0.491 e. The van der Waals surface area contributed by atoms with Gasteiger partial charge in [0.15, 0.2) is 0 Å². The van der Waals surface area contributed by atoms with E-state index in [4.69, 9.17) is 23.7 Å².